The average Bonchev–Trinajstić information content (AvgIpc) is 2.76. The number of nitriles is 1. The van der Waals surface area contributed by atoms with Gasteiger partial charge in [0.1, 0.15) is 6.07 Å². The lowest BCUT2D eigenvalue weighted by molar-refractivity contribution is 1.12. The summed E-state index contributed by atoms with van der Waals surface area (Å²) in [5.41, 5.74) is 13.1. The lowest BCUT2D eigenvalue weighted by Crippen LogP contribution is -2.10. The molecular weight excluding hydrogens is 382 g/mol. The third-order valence-electron chi connectivity index (χ3n) is 4.84. The van der Waals surface area contributed by atoms with E-state index < -0.39 is 0 Å². The van der Waals surface area contributed by atoms with Crippen LogP contribution in [0.2, 0.25) is 0 Å². The highest BCUT2D eigenvalue weighted by Gasteiger charge is 2.04. The first-order valence-electron chi connectivity index (χ1n) is 9.99. The van der Waals surface area contributed by atoms with Gasteiger partial charge in [0.05, 0.1) is 34.0 Å². The molecule has 0 radical (unpaired) electrons. The van der Waals surface area contributed by atoms with Crippen LogP contribution in [0.4, 0.5) is 17.1 Å². The number of nitrogen functional groups attached to an aromatic ring is 1. The summed E-state index contributed by atoms with van der Waals surface area (Å²) in [6.45, 7) is 0. The molecule has 3 rings (SSSR count). The third-order valence-corrected chi connectivity index (χ3v) is 4.84. The summed E-state index contributed by atoms with van der Waals surface area (Å²) < 4.78 is 0. The van der Waals surface area contributed by atoms with Crippen LogP contribution in [-0.2, 0) is 0 Å². The number of hydrogen-bond acceptors (Lipinski definition) is 5. The normalized spacial score (nSPS) is 11.1. The van der Waals surface area contributed by atoms with Crippen molar-refractivity contribution in [3.05, 3.63) is 82.7 Å². The molecule has 3 aromatic rings. The lowest BCUT2D eigenvalue weighted by atomic mass is 10.1. The second kappa shape index (κ2) is 9.64. The van der Waals surface area contributed by atoms with Crippen molar-refractivity contribution in [2.75, 3.05) is 43.7 Å². The molecule has 0 atom stereocenters. The van der Waals surface area contributed by atoms with Crippen molar-refractivity contribution in [1.82, 2.24) is 4.98 Å². The van der Waals surface area contributed by atoms with E-state index in [0.717, 1.165) is 39.6 Å². The van der Waals surface area contributed by atoms with E-state index in [4.69, 9.17) is 5.73 Å². The minimum atomic E-state index is 0.649. The topological polar surface area (TPSA) is 69.2 Å². The van der Waals surface area contributed by atoms with Crippen LogP contribution in [0.25, 0.3) is 24.3 Å². The molecule has 0 saturated carbocycles. The molecule has 0 aliphatic heterocycles. The molecule has 1 heterocycles. The van der Waals surface area contributed by atoms with Gasteiger partial charge in [-0.15, -0.1) is 0 Å². The van der Waals surface area contributed by atoms with Crippen LogP contribution >= 0.6 is 0 Å². The number of nitrogens with two attached hydrogens (primary N) is 1. The van der Waals surface area contributed by atoms with Crippen LogP contribution in [0.15, 0.2) is 54.6 Å². The van der Waals surface area contributed by atoms with E-state index >= 15 is 0 Å². The molecule has 0 bridgehead atoms. The van der Waals surface area contributed by atoms with E-state index in [-0.39, 0.29) is 0 Å². The Morgan fingerprint density at radius 1 is 0.774 bits per heavy atom. The summed E-state index contributed by atoms with van der Waals surface area (Å²) in [6.07, 6.45) is 7.90. The summed E-state index contributed by atoms with van der Waals surface area (Å²) in [5.74, 6) is 0. The molecule has 0 saturated heterocycles. The van der Waals surface area contributed by atoms with Gasteiger partial charge in [0, 0.05) is 28.2 Å². The molecule has 0 spiro atoms. The number of rotatable bonds is 6. The smallest absolute Gasteiger partial charge is 0.101 e. The minimum Gasteiger partial charge on any atom is -0.397 e. The molecule has 156 valence electrons. The van der Waals surface area contributed by atoms with E-state index in [9.17, 15) is 5.26 Å². The van der Waals surface area contributed by atoms with Gasteiger partial charge in [0.25, 0.3) is 0 Å². The van der Waals surface area contributed by atoms with Crippen LogP contribution in [0.3, 0.4) is 0 Å². The Morgan fingerprint density at radius 2 is 1.32 bits per heavy atom. The summed E-state index contributed by atoms with van der Waals surface area (Å²) >= 11 is 0. The second-order valence-electron chi connectivity index (χ2n) is 7.65. The standard InChI is InChI=1S/C26H27N5/c1-30(2)25-14-10-19(16-21(25)18-27)8-12-22-6-5-7-23(29-22)13-9-20-11-15-26(31(3)4)24(28)17-20/h5-17H,28H2,1-4H3/b12-8+,13-9+. The van der Waals surface area contributed by atoms with Crippen molar-refractivity contribution in [2.45, 2.75) is 0 Å². The molecular formula is C26H27N5. The van der Waals surface area contributed by atoms with Gasteiger partial charge in [-0.05, 0) is 59.7 Å². The van der Waals surface area contributed by atoms with Gasteiger partial charge in [-0.3, -0.25) is 0 Å². The summed E-state index contributed by atoms with van der Waals surface area (Å²) in [5, 5.41) is 9.39. The molecule has 0 aliphatic rings. The predicted molar refractivity (Wildman–Crippen MR) is 133 cm³/mol. The lowest BCUT2D eigenvalue weighted by Gasteiger charge is -2.15. The van der Waals surface area contributed by atoms with Gasteiger partial charge in [-0.1, -0.05) is 30.4 Å². The second-order valence-corrected chi connectivity index (χ2v) is 7.65. The highest BCUT2D eigenvalue weighted by molar-refractivity contribution is 5.76. The van der Waals surface area contributed by atoms with Gasteiger partial charge in [-0.25, -0.2) is 4.98 Å². The number of benzene rings is 2. The highest BCUT2D eigenvalue weighted by Crippen LogP contribution is 2.23. The van der Waals surface area contributed by atoms with E-state index in [1.54, 1.807) is 0 Å². The quantitative estimate of drug-likeness (QED) is 0.580. The average molecular weight is 410 g/mol. The molecule has 0 fully saturated rings. The first-order chi connectivity index (χ1) is 14.9. The Labute approximate surface area is 184 Å². The molecule has 1 aromatic heterocycles. The van der Waals surface area contributed by atoms with Crippen LogP contribution in [0.5, 0.6) is 0 Å². The molecule has 2 N–H and O–H groups in total. The fourth-order valence-corrected chi connectivity index (χ4v) is 3.24. The van der Waals surface area contributed by atoms with Gasteiger partial charge in [0.15, 0.2) is 0 Å². The molecule has 5 heteroatoms. The van der Waals surface area contributed by atoms with E-state index in [1.165, 1.54) is 0 Å². The first-order valence-corrected chi connectivity index (χ1v) is 9.99. The van der Waals surface area contributed by atoms with Gasteiger partial charge < -0.3 is 15.5 Å². The van der Waals surface area contributed by atoms with Gasteiger partial charge >= 0.3 is 0 Å². The van der Waals surface area contributed by atoms with Crippen LogP contribution < -0.4 is 15.5 Å². The van der Waals surface area contributed by atoms with E-state index in [0.29, 0.717) is 5.56 Å². The number of hydrogen-bond donors (Lipinski definition) is 1. The number of pyridine rings is 1. The van der Waals surface area contributed by atoms with E-state index in [1.807, 2.05) is 117 Å². The predicted octanol–water partition coefficient (Wildman–Crippen LogP) is 5.01. The van der Waals surface area contributed by atoms with E-state index in [2.05, 4.69) is 11.1 Å². The van der Waals surface area contributed by atoms with Crippen molar-refractivity contribution in [2.24, 2.45) is 0 Å². The minimum absolute atomic E-state index is 0.649. The monoisotopic (exact) mass is 409 g/mol. The highest BCUT2D eigenvalue weighted by atomic mass is 15.1. The zero-order valence-electron chi connectivity index (χ0n) is 18.4. The summed E-state index contributed by atoms with van der Waals surface area (Å²) in [6, 6.07) is 20.0. The molecule has 2 aromatic carbocycles. The zero-order chi connectivity index (χ0) is 22.4. The van der Waals surface area contributed by atoms with Gasteiger partial charge in [0.2, 0.25) is 0 Å². The third kappa shape index (κ3) is 5.52. The molecule has 31 heavy (non-hydrogen) atoms. The summed E-state index contributed by atoms with van der Waals surface area (Å²) in [7, 11) is 7.81. The van der Waals surface area contributed by atoms with Crippen molar-refractivity contribution in [3.8, 4) is 6.07 Å². The molecule has 5 nitrogen and oxygen atoms in total. The Bertz CT molecular complexity index is 1170. The number of nitrogens with zero attached hydrogens (tertiary/aromatic N) is 4. The molecule has 0 amide bonds. The largest absolute Gasteiger partial charge is 0.397 e. The zero-order valence-corrected chi connectivity index (χ0v) is 18.4. The van der Waals surface area contributed by atoms with Crippen LogP contribution in [0, 0.1) is 11.3 Å². The van der Waals surface area contributed by atoms with Crippen molar-refractivity contribution in [1.29, 1.82) is 5.26 Å². The van der Waals surface area contributed by atoms with Crippen molar-refractivity contribution in [3.63, 3.8) is 0 Å². The number of anilines is 3. The first kappa shape index (κ1) is 21.7. The van der Waals surface area contributed by atoms with Crippen molar-refractivity contribution >= 4 is 41.4 Å². The maximum absolute atomic E-state index is 9.39. The Morgan fingerprint density at radius 3 is 1.84 bits per heavy atom. The summed E-state index contributed by atoms with van der Waals surface area (Å²) in [4.78, 5) is 8.60. The molecule has 0 aliphatic carbocycles. The fraction of sp³-hybridized carbons (Fsp3) is 0.154. The van der Waals surface area contributed by atoms with Crippen LogP contribution in [0.1, 0.15) is 28.1 Å². The fourth-order valence-electron chi connectivity index (χ4n) is 3.24. The maximum Gasteiger partial charge on any atom is 0.101 e. The Hall–Kier alpha value is -4.04. The van der Waals surface area contributed by atoms with Crippen LogP contribution in [-0.4, -0.2) is 33.2 Å². The Kier molecular flexibility index (Phi) is 6.74. The molecule has 0 unspecified atom stereocenters. The Balaban J connectivity index is 1.77. The maximum atomic E-state index is 9.39. The SMILES string of the molecule is CN(C)c1ccc(/C=C/c2cccc(/C=C/c3ccc(N(C)C)c(C#N)c3)n2)cc1N. The van der Waals surface area contributed by atoms with Crippen molar-refractivity contribution < 1.29 is 0 Å². The number of aromatic nitrogens is 1. The van der Waals surface area contributed by atoms with Gasteiger partial charge in [-0.2, -0.15) is 5.26 Å².